The molecule has 1 atom stereocenters. The van der Waals surface area contributed by atoms with Crippen molar-refractivity contribution >= 4 is 11.9 Å². The van der Waals surface area contributed by atoms with Gasteiger partial charge < -0.3 is 14.6 Å². The van der Waals surface area contributed by atoms with Crippen LogP contribution in [0.5, 0.6) is 0 Å². The minimum atomic E-state index is -0.769. The molecule has 0 aliphatic carbocycles. The van der Waals surface area contributed by atoms with E-state index in [1.807, 2.05) is 0 Å². The third-order valence-electron chi connectivity index (χ3n) is 13.8. The summed E-state index contributed by atoms with van der Waals surface area (Å²) in [4.78, 5) is 24.5. The van der Waals surface area contributed by atoms with E-state index in [-0.39, 0.29) is 25.2 Å². The zero-order chi connectivity index (χ0) is 47.0. The van der Waals surface area contributed by atoms with Gasteiger partial charge in [0.2, 0.25) is 0 Å². The second kappa shape index (κ2) is 57.0. The van der Waals surface area contributed by atoms with Crippen LogP contribution in [0.4, 0.5) is 0 Å². The first-order chi connectivity index (χ1) is 32.1. The molecule has 1 N–H and O–H groups in total. The standard InChI is InChI=1S/C60H116O5/c1-3-5-7-9-11-13-15-17-19-21-22-23-24-25-26-27-28-29-30-31-32-33-34-35-36-37-39-40-42-44-46-48-50-52-54-59(62)64-57-58(56-61)65-60(63)55-53-51-49-47-45-43-41-38-20-18-16-14-12-10-8-6-4-2/h18,20,58,61H,3-17,19,21-57H2,1-2H3/b20-18-. The quantitative estimate of drug-likeness (QED) is 0.0374. The molecular weight excluding hydrogens is 801 g/mol. The lowest BCUT2D eigenvalue weighted by molar-refractivity contribution is -0.161. The third-order valence-corrected chi connectivity index (χ3v) is 13.8. The van der Waals surface area contributed by atoms with E-state index in [4.69, 9.17) is 9.47 Å². The molecule has 0 spiro atoms. The van der Waals surface area contributed by atoms with Crippen molar-refractivity contribution in [1.82, 2.24) is 0 Å². The van der Waals surface area contributed by atoms with Crippen molar-refractivity contribution < 1.29 is 24.2 Å². The number of hydrogen-bond acceptors (Lipinski definition) is 5. The van der Waals surface area contributed by atoms with Crippen LogP contribution in [0.2, 0.25) is 0 Å². The molecule has 5 heteroatoms. The molecule has 0 bridgehead atoms. The topological polar surface area (TPSA) is 72.8 Å². The van der Waals surface area contributed by atoms with E-state index in [0.29, 0.717) is 12.8 Å². The molecule has 0 saturated carbocycles. The lowest BCUT2D eigenvalue weighted by Gasteiger charge is -2.15. The van der Waals surface area contributed by atoms with Crippen molar-refractivity contribution in [3.8, 4) is 0 Å². The van der Waals surface area contributed by atoms with Crippen molar-refractivity contribution in [3.05, 3.63) is 12.2 Å². The zero-order valence-corrected chi connectivity index (χ0v) is 44.3. The Labute approximate surface area is 407 Å². The fourth-order valence-corrected chi connectivity index (χ4v) is 9.32. The van der Waals surface area contributed by atoms with Crippen molar-refractivity contribution in [1.29, 1.82) is 0 Å². The summed E-state index contributed by atoms with van der Waals surface area (Å²) in [5, 5.41) is 9.64. The van der Waals surface area contributed by atoms with Crippen LogP contribution in [-0.4, -0.2) is 36.4 Å². The van der Waals surface area contributed by atoms with E-state index >= 15 is 0 Å². The second-order valence-electron chi connectivity index (χ2n) is 20.4. The van der Waals surface area contributed by atoms with E-state index < -0.39 is 6.10 Å². The van der Waals surface area contributed by atoms with Crippen LogP contribution in [0.15, 0.2) is 12.2 Å². The number of aliphatic hydroxyl groups excluding tert-OH is 1. The Morgan fingerprint density at radius 1 is 0.338 bits per heavy atom. The summed E-state index contributed by atoms with van der Waals surface area (Å²) in [5.74, 6) is -0.575. The van der Waals surface area contributed by atoms with Crippen LogP contribution in [0.3, 0.4) is 0 Å². The summed E-state index contributed by atoms with van der Waals surface area (Å²) in [6, 6.07) is 0. The number of esters is 2. The first-order valence-corrected chi connectivity index (χ1v) is 29.7. The molecule has 0 aromatic rings. The fourth-order valence-electron chi connectivity index (χ4n) is 9.32. The Kier molecular flexibility index (Phi) is 55.8. The van der Waals surface area contributed by atoms with Gasteiger partial charge in [0.25, 0.3) is 0 Å². The van der Waals surface area contributed by atoms with Crippen molar-refractivity contribution in [3.63, 3.8) is 0 Å². The first-order valence-electron chi connectivity index (χ1n) is 29.7. The lowest BCUT2D eigenvalue weighted by atomic mass is 10.0. The van der Waals surface area contributed by atoms with Gasteiger partial charge in [0.15, 0.2) is 6.10 Å². The molecule has 0 saturated heterocycles. The van der Waals surface area contributed by atoms with Crippen LogP contribution < -0.4 is 0 Å². The van der Waals surface area contributed by atoms with E-state index in [1.165, 1.54) is 283 Å². The van der Waals surface area contributed by atoms with Gasteiger partial charge in [-0.25, -0.2) is 0 Å². The molecule has 65 heavy (non-hydrogen) atoms. The molecule has 0 aromatic carbocycles. The number of carbonyl (C=O) groups excluding carboxylic acids is 2. The van der Waals surface area contributed by atoms with E-state index in [9.17, 15) is 14.7 Å². The normalized spacial score (nSPS) is 12.1. The predicted molar refractivity (Wildman–Crippen MR) is 284 cm³/mol. The smallest absolute Gasteiger partial charge is 0.306 e. The van der Waals surface area contributed by atoms with E-state index in [1.54, 1.807) is 0 Å². The molecule has 5 nitrogen and oxygen atoms in total. The zero-order valence-electron chi connectivity index (χ0n) is 44.3. The number of ether oxygens (including phenoxy) is 2. The van der Waals surface area contributed by atoms with Gasteiger partial charge in [0, 0.05) is 12.8 Å². The highest BCUT2D eigenvalue weighted by Gasteiger charge is 2.16. The third kappa shape index (κ3) is 55.1. The Morgan fingerprint density at radius 2 is 0.569 bits per heavy atom. The molecule has 1 unspecified atom stereocenters. The summed E-state index contributed by atoms with van der Waals surface area (Å²) in [6.45, 7) is 4.19. The Morgan fingerprint density at radius 3 is 0.831 bits per heavy atom. The van der Waals surface area contributed by atoms with Crippen molar-refractivity contribution in [2.24, 2.45) is 0 Å². The Hall–Kier alpha value is -1.36. The molecule has 0 radical (unpaired) electrons. The number of carbonyl (C=O) groups is 2. The summed E-state index contributed by atoms with van der Waals surface area (Å²) in [6.07, 6.45) is 70.7. The molecular formula is C60H116O5. The summed E-state index contributed by atoms with van der Waals surface area (Å²) >= 11 is 0. The van der Waals surface area contributed by atoms with Gasteiger partial charge in [0.05, 0.1) is 6.61 Å². The van der Waals surface area contributed by atoms with Gasteiger partial charge in [-0.1, -0.05) is 302 Å². The highest BCUT2D eigenvalue weighted by atomic mass is 16.6. The van der Waals surface area contributed by atoms with Crippen LogP contribution in [0.25, 0.3) is 0 Å². The molecule has 0 fully saturated rings. The minimum Gasteiger partial charge on any atom is -0.462 e. The average molecular weight is 918 g/mol. The molecule has 0 rings (SSSR count). The molecule has 0 aliphatic rings. The van der Waals surface area contributed by atoms with Crippen LogP contribution in [0, 0.1) is 0 Å². The number of aliphatic hydroxyl groups is 1. The SMILES string of the molecule is CCCCCCCC/C=C\CCCCCCCCCC(=O)OC(CO)COC(=O)CCCCCCCCCCCCCCCCCCCCCCCCCCCCCCCCCCCC. The monoisotopic (exact) mass is 917 g/mol. The maximum absolute atomic E-state index is 12.3. The maximum atomic E-state index is 12.3. The van der Waals surface area contributed by atoms with Gasteiger partial charge in [-0.2, -0.15) is 0 Å². The molecule has 386 valence electrons. The Bertz CT molecular complexity index is 948. The highest BCUT2D eigenvalue weighted by molar-refractivity contribution is 5.70. The van der Waals surface area contributed by atoms with Crippen LogP contribution in [-0.2, 0) is 19.1 Å². The number of rotatable bonds is 56. The molecule has 0 heterocycles. The molecule has 0 aromatic heterocycles. The summed E-state index contributed by atoms with van der Waals surface area (Å²) in [5.41, 5.74) is 0. The summed E-state index contributed by atoms with van der Waals surface area (Å²) < 4.78 is 10.7. The largest absolute Gasteiger partial charge is 0.462 e. The first kappa shape index (κ1) is 63.6. The average Bonchev–Trinajstić information content (AvgIpc) is 3.31. The van der Waals surface area contributed by atoms with Gasteiger partial charge >= 0.3 is 11.9 Å². The van der Waals surface area contributed by atoms with Gasteiger partial charge in [0.1, 0.15) is 6.61 Å². The highest BCUT2D eigenvalue weighted by Crippen LogP contribution is 2.18. The number of hydrogen-bond donors (Lipinski definition) is 1. The maximum Gasteiger partial charge on any atom is 0.306 e. The van der Waals surface area contributed by atoms with Crippen LogP contribution >= 0.6 is 0 Å². The lowest BCUT2D eigenvalue weighted by Crippen LogP contribution is -2.28. The number of unbranched alkanes of at least 4 members (excludes halogenated alkanes) is 46. The van der Waals surface area contributed by atoms with Crippen LogP contribution in [0.1, 0.15) is 341 Å². The van der Waals surface area contributed by atoms with Gasteiger partial charge in [-0.3, -0.25) is 9.59 Å². The van der Waals surface area contributed by atoms with Gasteiger partial charge in [-0.15, -0.1) is 0 Å². The molecule has 0 aliphatic heterocycles. The van der Waals surface area contributed by atoms with Crippen molar-refractivity contribution in [2.75, 3.05) is 13.2 Å². The van der Waals surface area contributed by atoms with E-state index in [2.05, 4.69) is 26.0 Å². The van der Waals surface area contributed by atoms with Crippen molar-refractivity contribution in [2.45, 2.75) is 347 Å². The van der Waals surface area contributed by atoms with E-state index in [0.717, 1.165) is 32.1 Å². The second-order valence-corrected chi connectivity index (χ2v) is 20.4. The summed E-state index contributed by atoms with van der Waals surface area (Å²) in [7, 11) is 0. The minimum absolute atomic E-state index is 0.0605. The predicted octanol–water partition coefficient (Wildman–Crippen LogP) is 19.9. The number of allylic oxidation sites excluding steroid dienone is 2. The fraction of sp³-hybridized carbons (Fsp3) is 0.933. The Balaban J connectivity index is 3.36. The molecule has 0 amide bonds. The van der Waals surface area contributed by atoms with Gasteiger partial charge in [-0.05, 0) is 38.5 Å².